The molecule has 1 aliphatic heterocycles. The molecule has 33 heavy (non-hydrogen) atoms. The van der Waals surface area contributed by atoms with Crippen LogP contribution in [0.5, 0.6) is 5.75 Å². The smallest absolute Gasteiger partial charge is 0.184 e. The van der Waals surface area contributed by atoms with Crippen LogP contribution in [0.3, 0.4) is 0 Å². The molecule has 1 saturated heterocycles. The maximum Gasteiger partial charge on any atom is 0.184 e. The summed E-state index contributed by atoms with van der Waals surface area (Å²) in [6.07, 6.45) is -2.64. The lowest BCUT2D eigenvalue weighted by atomic mass is 10.1. The lowest BCUT2D eigenvalue weighted by Gasteiger charge is -2.24. The van der Waals surface area contributed by atoms with Gasteiger partial charge in [-0.1, -0.05) is 72.8 Å². The molecular weight excluding hydrogens is 420 g/mol. The number of aliphatic hydroxyl groups is 1. The van der Waals surface area contributed by atoms with E-state index in [1.165, 1.54) is 0 Å². The standard InChI is InChI=1S/C27H30O6/c1-29-23-14-12-22(13-15-23)16-30-19-24-25(31-17-20-8-4-2-5-9-20)26(27(28)33-24)32-18-21-10-6-3-7-11-21/h2-15,24-28H,16-19H2,1H3/t24-,25-,26+,27+/m1/s1. The van der Waals surface area contributed by atoms with Gasteiger partial charge in [-0.2, -0.15) is 0 Å². The highest BCUT2D eigenvalue weighted by Crippen LogP contribution is 2.28. The maximum atomic E-state index is 10.6. The fourth-order valence-electron chi connectivity index (χ4n) is 3.77. The summed E-state index contributed by atoms with van der Waals surface area (Å²) in [5.74, 6) is 0.800. The van der Waals surface area contributed by atoms with E-state index in [0.29, 0.717) is 19.8 Å². The van der Waals surface area contributed by atoms with Crippen molar-refractivity contribution in [1.82, 2.24) is 0 Å². The minimum absolute atomic E-state index is 0.272. The van der Waals surface area contributed by atoms with E-state index in [9.17, 15) is 5.11 Å². The Kier molecular flexibility index (Phi) is 8.47. The summed E-state index contributed by atoms with van der Waals surface area (Å²) in [4.78, 5) is 0. The van der Waals surface area contributed by atoms with Crippen LogP contribution in [0.25, 0.3) is 0 Å². The lowest BCUT2D eigenvalue weighted by Crippen LogP contribution is -2.39. The van der Waals surface area contributed by atoms with Crippen LogP contribution in [0.15, 0.2) is 84.9 Å². The van der Waals surface area contributed by atoms with E-state index in [-0.39, 0.29) is 6.61 Å². The molecule has 0 radical (unpaired) electrons. The van der Waals surface area contributed by atoms with E-state index in [1.807, 2.05) is 84.9 Å². The minimum atomic E-state index is -1.09. The number of benzene rings is 3. The van der Waals surface area contributed by atoms with Crippen LogP contribution >= 0.6 is 0 Å². The van der Waals surface area contributed by atoms with Crippen molar-refractivity contribution in [1.29, 1.82) is 0 Å². The summed E-state index contributed by atoms with van der Waals surface area (Å²) in [5, 5.41) is 10.6. The predicted molar refractivity (Wildman–Crippen MR) is 124 cm³/mol. The van der Waals surface area contributed by atoms with Crippen molar-refractivity contribution in [2.75, 3.05) is 13.7 Å². The summed E-state index contributed by atoms with van der Waals surface area (Å²) in [6, 6.07) is 27.5. The second-order valence-corrected chi connectivity index (χ2v) is 7.95. The van der Waals surface area contributed by atoms with Gasteiger partial charge in [0.2, 0.25) is 0 Å². The molecule has 0 saturated carbocycles. The Morgan fingerprint density at radius 1 is 0.697 bits per heavy atom. The van der Waals surface area contributed by atoms with Crippen molar-refractivity contribution in [3.8, 4) is 5.75 Å². The van der Waals surface area contributed by atoms with Gasteiger partial charge in [-0.05, 0) is 28.8 Å². The number of hydrogen-bond acceptors (Lipinski definition) is 6. The average Bonchev–Trinajstić information content (AvgIpc) is 3.17. The van der Waals surface area contributed by atoms with Crippen molar-refractivity contribution in [2.24, 2.45) is 0 Å². The number of rotatable bonds is 11. The van der Waals surface area contributed by atoms with Crippen molar-refractivity contribution in [2.45, 2.75) is 44.4 Å². The Labute approximate surface area is 194 Å². The van der Waals surface area contributed by atoms with Crippen LogP contribution in [0.2, 0.25) is 0 Å². The highest BCUT2D eigenvalue weighted by atomic mass is 16.7. The van der Waals surface area contributed by atoms with Crippen LogP contribution in [0, 0.1) is 0 Å². The topological polar surface area (TPSA) is 66.4 Å². The van der Waals surface area contributed by atoms with Crippen LogP contribution in [-0.4, -0.2) is 43.4 Å². The molecule has 0 aliphatic carbocycles. The molecule has 1 fully saturated rings. The molecule has 0 aromatic heterocycles. The van der Waals surface area contributed by atoms with E-state index >= 15 is 0 Å². The van der Waals surface area contributed by atoms with Crippen molar-refractivity contribution >= 4 is 0 Å². The lowest BCUT2D eigenvalue weighted by molar-refractivity contribution is -0.153. The summed E-state index contributed by atoms with van der Waals surface area (Å²) >= 11 is 0. The highest BCUT2D eigenvalue weighted by molar-refractivity contribution is 5.26. The van der Waals surface area contributed by atoms with Gasteiger partial charge in [-0.15, -0.1) is 0 Å². The molecule has 174 valence electrons. The van der Waals surface area contributed by atoms with Crippen molar-refractivity contribution < 1.29 is 28.8 Å². The third-order valence-corrected chi connectivity index (χ3v) is 5.57. The van der Waals surface area contributed by atoms with Crippen molar-refractivity contribution in [3.63, 3.8) is 0 Å². The molecule has 0 bridgehead atoms. The quantitative estimate of drug-likeness (QED) is 0.475. The maximum absolute atomic E-state index is 10.6. The molecule has 6 nitrogen and oxygen atoms in total. The third-order valence-electron chi connectivity index (χ3n) is 5.57. The second-order valence-electron chi connectivity index (χ2n) is 7.95. The molecular formula is C27H30O6. The van der Waals surface area contributed by atoms with Gasteiger partial charge >= 0.3 is 0 Å². The first kappa shape index (κ1) is 23.4. The van der Waals surface area contributed by atoms with E-state index in [4.69, 9.17) is 23.7 Å². The van der Waals surface area contributed by atoms with Crippen molar-refractivity contribution in [3.05, 3.63) is 102 Å². The van der Waals surface area contributed by atoms with Gasteiger partial charge in [0.05, 0.1) is 33.5 Å². The molecule has 3 aromatic carbocycles. The van der Waals surface area contributed by atoms with E-state index < -0.39 is 24.6 Å². The molecule has 6 heteroatoms. The van der Waals surface area contributed by atoms with Gasteiger partial charge in [-0.3, -0.25) is 0 Å². The van der Waals surface area contributed by atoms with E-state index in [0.717, 1.165) is 22.4 Å². The molecule has 1 aliphatic rings. The van der Waals surface area contributed by atoms with Gasteiger partial charge in [0, 0.05) is 0 Å². The third kappa shape index (κ3) is 6.63. The summed E-state index contributed by atoms with van der Waals surface area (Å²) in [5.41, 5.74) is 3.08. The molecule has 1 heterocycles. The van der Waals surface area contributed by atoms with Gasteiger partial charge in [0.1, 0.15) is 24.1 Å². The van der Waals surface area contributed by atoms with Crippen LogP contribution in [0.1, 0.15) is 16.7 Å². The Bertz CT molecular complexity index is 947. The predicted octanol–water partition coefficient (Wildman–Crippen LogP) is 4.10. The Morgan fingerprint density at radius 3 is 1.82 bits per heavy atom. The molecule has 0 amide bonds. The molecule has 0 spiro atoms. The number of methoxy groups -OCH3 is 1. The molecule has 4 rings (SSSR count). The van der Waals surface area contributed by atoms with Gasteiger partial charge in [-0.25, -0.2) is 0 Å². The zero-order valence-electron chi connectivity index (χ0n) is 18.7. The monoisotopic (exact) mass is 450 g/mol. The number of aliphatic hydroxyl groups excluding tert-OH is 1. The Balaban J connectivity index is 1.38. The molecule has 0 unspecified atom stereocenters. The number of hydrogen-bond donors (Lipinski definition) is 1. The Morgan fingerprint density at radius 2 is 1.24 bits per heavy atom. The fraction of sp³-hybridized carbons (Fsp3) is 0.333. The van der Waals surface area contributed by atoms with E-state index in [1.54, 1.807) is 7.11 Å². The van der Waals surface area contributed by atoms with Crippen LogP contribution in [-0.2, 0) is 38.8 Å². The first-order chi connectivity index (χ1) is 16.2. The first-order valence-corrected chi connectivity index (χ1v) is 11.1. The van der Waals surface area contributed by atoms with E-state index in [2.05, 4.69) is 0 Å². The second kappa shape index (κ2) is 11.9. The SMILES string of the molecule is COc1ccc(COC[C@H]2O[C@H](O)[C@@H](OCc3ccccc3)[C@@H]2OCc2ccccc2)cc1. The van der Waals surface area contributed by atoms with Gasteiger partial charge in [0.25, 0.3) is 0 Å². The molecule has 4 atom stereocenters. The molecule has 1 N–H and O–H groups in total. The van der Waals surface area contributed by atoms with Crippen LogP contribution in [0.4, 0.5) is 0 Å². The molecule has 3 aromatic rings. The highest BCUT2D eigenvalue weighted by Gasteiger charge is 2.45. The fourth-order valence-corrected chi connectivity index (χ4v) is 3.77. The zero-order chi connectivity index (χ0) is 22.9. The first-order valence-electron chi connectivity index (χ1n) is 11.1. The summed E-state index contributed by atoms with van der Waals surface area (Å²) in [6.45, 7) is 1.44. The summed E-state index contributed by atoms with van der Waals surface area (Å²) < 4.78 is 29.1. The summed E-state index contributed by atoms with van der Waals surface area (Å²) in [7, 11) is 1.64. The van der Waals surface area contributed by atoms with Crippen LogP contribution < -0.4 is 4.74 Å². The minimum Gasteiger partial charge on any atom is -0.497 e. The normalized spacial score (nSPS) is 22.4. The zero-order valence-corrected chi connectivity index (χ0v) is 18.7. The average molecular weight is 451 g/mol. The number of ether oxygens (including phenoxy) is 5. The van der Waals surface area contributed by atoms with Gasteiger partial charge < -0.3 is 28.8 Å². The Hall–Kier alpha value is -2.74. The largest absolute Gasteiger partial charge is 0.497 e. The van der Waals surface area contributed by atoms with Gasteiger partial charge in [0.15, 0.2) is 6.29 Å².